The minimum atomic E-state index is 0.995. The van der Waals surface area contributed by atoms with Gasteiger partial charge in [0.1, 0.15) is 0 Å². The van der Waals surface area contributed by atoms with E-state index in [0.29, 0.717) is 0 Å². The van der Waals surface area contributed by atoms with E-state index in [4.69, 9.17) is 0 Å². The van der Waals surface area contributed by atoms with Crippen LogP contribution in [0.2, 0.25) is 0 Å². The Morgan fingerprint density at radius 2 is 2.24 bits per heavy atom. The zero-order valence-corrected chi connectivity index (χ0v) is 10.3. The zero-order valence-electron chi connectivity index (χ0n) is 10.3. The van der Waals surface area contributed by atoms with E-state index in [1.807, 2.05) is 0 Å². The standard InChI is InChI=1S/C14H17N3/c1-10-4-3-5-11(8-10)14-12-9-17(2)7-6-13(12)15-16-14/h3-5,8H,6-7,9H2,1-2H3,(H,15,16). The van der Waals surface area contributed by atoms with Gasteiger partial charge in [0.05, 0.1) is 5.69 Å². The van der Waals surface area contributed by atoms with Crippen LogP contribution in [0.5, 0.6) is 0 Å². The molecule has 17 heavy (non-hydrogen) atoms. The molecule has 0 bridgehead atoms. The van der Waals surface area contributed by atoms with Gasteiger partial charge in [0, 0.05) is 36.3 Å². The topological polar surface area (TPSA) is 31.9 Å². The monoisotopic (exact) mass is 227 g/mol. The lowest BCUT2D eigenvalue weighted by atomic mass is 10.0. The van der Waals surface area contributed by atoms with E-state index >= 15 is 0 Å². The second-order valence-electron chi connectivity index (χ2n) is 4.89. The molecule has 1 aliphatic rings. The number of aromatic nitrogens is 2. The Labute approximate surface area is 101 Å². The van der Waals surface area contributed by atoms with Crippen LogP contribution >= 0.6 is 0 Å². The molecule has 0 saturated carbocycles. The first-order valence-corrected chi connectivity index (χ1v) is 6.06. The average Bonchev–Trinajstić information content (AvgIpc) is 2.71. The maximum atomic E-state index is 4.49. The van der Waals surface area contributed by atoms with Crippen LogP contribution in [0.3, 0.4) is 0 Å². The van der Waals surface area contributed by atoms with Gasteiger partial charge in [-0.25, -0.2) is 0 Å². The van der Waals surface area contributed by atoms with Crippen molar-refractivity contribution in [3.05, 3.63) is 41.1 Å². The smallest absolute Gasteiger partial charge is 0.0968 e. The number of H-pyrrole nitrogens is 1. The summed E-state index contributed by atoms with van der Waals surface area (Å²) in [5.41, 5.74) is 6.29. The number of likely N-dealkylation sites (N-methyl/N-ethyl adjacent to an activating group) is 1. The molecule has 0 aliphatic carbocycles. The predicted molar refractivity (Wildman–Crippen MR) is 68.8 cm³/mol. The van der Waals surface area contributed by atoms with Crippen molar-refractivity contribution in [2.45, 2.75) is 19.9 Å². The largest absolute Gasteiger partial charge is 0.302 e. The van der Waals surface area contributed by atoms with Crippen LogP contribution in [0.15, 0.2) is 24.3 Å². The van der Waals surface area contributed by atoms with Crippen molar-refractivity contribution in [1.29, 1.82) is 0 Å². The third kappa shape index (κ3) is 1.87. The summed E-state index contributed by atoms with van der Waals surface area (Å²) in [6.07, 6.45) is 1.07. The third-order valence-electron chi connectivity index (χ3n) is 3.42. The number of nitrogens with zero attached hydrogens (tertiary/aromatic N) is 2. The quantitative estimate of drug-likeness (QED) is 0.811. The fourth-order valence-corrected chi connectivity index (χ4v) is 2.46. The van der Waals surface area contributed by atoms with Crippen LogP contribution in [0.4, 0.5) is 0 Å². The summed E-state index contributed by atoms with van der Waals surface area (Å²) in [7, 11) is 2.16. The van der Waals surface area contributed by atoms with E-state index in [9.17, 15) is 0 Å². The summed E-state index contributed by atoms with van der Waals surface area (Å²) in [6.45, 7) is 4.23. The Kier molecular flexibility index (Phi) is 2.48. The number of nitrogens with one attached hydrogen (secondary N) is 1. The van der Waals surface area contributed by atoms with Crippen LogP contribution in [-0.2, 0) is 13.0 Å². The summed E-state index contributed by atoms with van der Waals surface area (Å²) < 4.78 is 0. The van der Waals surface area contributed by atoms with Gasteiger partial charge in [-0.15, -0.1) is 0 Å². The minimum absolute atomic E-state index is 0.995. The number of aryl methyl sites for hydroxylation is 1. The number of hydrogen-bond donors (Lipinski definition) is 1. The molecule has 0 spiro atoms. The van der Waals surface area contributed by atoms with Gasteiger partial charge in [0.15, 0.2) is 0 Å². The van der Waals surface area contributed by atoms with E-state index in [0.717, 1.165) is 25.2 Å². The second-order valence-corrected chi connectivity index (χ2v) is 4.89. The molecule has 0 amide bonds. The van der Waals surface area contributed by atoms with Gasteiger partial charge in [-0.3, -0.25) is 5.10 Å². The van der Waals surface area contributed by atoms with E-state index in [-0.39, 0.29) is 0 Å². The SMILES string of the molecule is Cc1cccc(-c2n[nH]c3c2CN(C)CC3)c1. The molecule has 2 aromatic rings. The Hall–Kier alpha value is -1.61. The fraction of sp³-hybridized carbons (Fsp3) is 0.357. The van der Waals surface area contributed by atoms with Crippen molar-refractivity contribution in [2.75, 3.05) is 13.6 Å². The van der Waals surface area contributed by atoms with Gasteiger partial charge < -0.3 is 4.90 Å². The Morgan fingerprint density at radius 3 is 3.06 bits per heavy atom. The lowest BCUT2D eigenvalue weighted by molar-refractivity contribution is 0.312. The normalized spacial score (nSPS) is 15.9. The molecule has 1 aliphatic heterocycles. The van der Waals surface area contributed by atoms with Gasteiger partial charge in [-0.05, 0) is 20.0 Å². The van der Waals surface area contributed by atoms with Crippen molar-refractivity contribution in [3.63, 3.8) is 0 Å². The number of hydrogen-bond acceptors (Lipinski definition) is 2. The number of aromatic amines is 1. The molecule has 88 valence electrons. The highest BCUT2D eigenvalue weighted by atomic mass is 15.2. The maximum absolute atomic E-state index is 4.49. The molecular formula is C14H17N3. The number of benzene rings is 1. The first-order valence-electron chi connectivity index (χ1n) is 6.06. The van der Waals surface area contributed by atoms with Gasteiger partial charge in [0.25, 0.3) is 0 Å². The lowest BCUT2D eigenvalue weighted by Gasteiger charge is -2.22. The molecule has 0 radical (unpaired) electrons. The van der Waals surface area contributed by atoms with Crippen LogP contribution in [0.1, 0.15) is 16.8 Å². The fourth-order valence-electron chi connectivity index (χ4n) is 2.46. The molecule has 0 saturated heterocycles. The molecule has 1 N–H and O–H groups in total. The van der Waals surface area contributed by atoms with Crippen molar-refractivity contribution in [2.24, 2.45) is 0 Å². The molecule has 1 aromatic carbocycles. The molecule has 3 nitrogen and oxygen atoms in total. The highest BCUT2D eigenvalue weighted by molar-refractivity contribution is 5.65. The number of rotatable bonds is 1. The first kappa shape index (κ1) is 10.5. The zero-order chi connectivity index (χ0) is 11.8. The summed E-state index contributed by atoms with van der Waals surface area (Å²) in [6, 6.07) is 8.55. The highest BCUT2D eigenvalue weighted by Crippen LogP contribution is 2.28. The van der Waals surface area contributed by atoms with Crippen molar-refractivity contribution in [3.8, 4) is 11.3 Å². The lowest BCUT2D eigenvalue weighted by Crippen LogP contribution is -2.26. The summed E-state index contributed by atoms with van der Waals surface area (Å²) in [4.78, 5) is 2.34. The molecule has 3 heteroatoms. The molecular weight excluding hydrogens is 210 g/mol. The Bertz CT molecular complexity index is 542. The minimum Gasteiger partial charge on any atom is -0.302 e. The highest BCUT2D eigenvalue weighted by Gasteiger charge is 2.20. The van der Waals surface area contributed by atoms with E-state index in [1.165, 1.54) is 22.4 Å². The molecule has 0 fully saturated rings. The van der Waals surface area contributed by atoms with Gasteiger partial charge in [-0.1, -0.05) is 23.8 Å². The van der Waals surface area contributed by atoms with Crippen LogP contribution in [0.25, 0.3) is 11.3 Å². The average molecular weight is 227 g/mol. The van der Waals surface area contributed by atoms with Gasteiger partial charge >= 0.3 is 0 Å². The Balaban J connectivity index is 2.07. The first-order chi connectivity index (χ1) is 8.24. The van der Waals surface area contributed by atoms with E-state index in [1.54, 1.807) is 0 Å². The van der Waals surface area contributed by atoms with Crippen LogP contribution < -0.4 is 0 Å². The van der Waals surface area contributed by atoms with Crippen molar-refractivity contribution >= 4 is 0 Å². The third-order valence-corrected chi connectivity index (χ3v) is 3.42. The summed E-state index contributed by atoms with van der Waals surface area (Å²) in [5.74, 6) is 0. The van der Waals surface area contributed by atoms with Gasteiger partial charge in [-0.2, -0.15) is 5.10 Å². The van der Waals surface area contributed by atoms with Crippen molar-refractivity contribution < 1.29 is 0 Å². The molecule has 3 rings (SSSR count). The molecule has 1 aromatic heterocycles. The van der Waals surface area contributed by atoms with Crippen molar-refractivity contribution in [1.82, 2.24) is 15.1 Å². The van der Waals surface area contributed by atoms with E-state index < -0.39 is 0 Å². The van der Waals surface area contributed by atoms with Crippen LogP contribution in [0, 0.1) is 6.92 Å². The molecule has 0 unspecified atom stereocenters. The Morgan fingerprint density at radius 1 is 1.35 bits per heavy atom. The summed E-state index contributed by atoms with van der Waals surface area (Å²) in [5, 5.41) is 7.68. The van der Waals surface area contributed by atoms with Gasteiger partial charge in [0.2, 0.25) is 0 Å². The predicted octanol–water partition coefficient (Wildman–Crippen LogP) is 2.37. The second kappa shape index (κ2) is 4.00. The van der Waals surface area contributed by atoms with E-state index in [2.05, 4.69) is 53.3 Å². The molecule has 2 heterocycles. The number of fused-ring (bicyclic) bond motifs is 1. The molecule has 0 atom stereocenters. The maximum Gasteiger partial charge on any atom is 0.0968 e. The summed E-state index contributed by atoms with van der Waals surface area (Å²) >= 11 is 0. The van der Waals surface area contributed by atoms with Crippen LogP contribution in [-0.4, -0.2) is 28.7 Å².